The van der Waals surface area contributed by atoms with Crippen LogP contribution in [0, 0.1) is 0 Å². The topological polar surface area (TPSA) is 38.7 Å². The van der Waals surface area contributed by atoms with Crippen LogP contribution in [0.3, 0.4) is 0 Å². The van der Waals surface area contributed by atoms with Crippen molar-refractivity contribution in [2.24, 2.45) is 0 Å². The van der Waals surface area contributed by atoms with E-state index < -0.39 is 0 Å². The highest BCUT2D eigenvalue weighted by molar-refractivity contribution is 6.21. The summed E-state index contributed by atoms with van der Waals surface area (Å²) in [7, 11) is 0. The number of fused-ring (bicyclic) bond motifs is 3. The Balaban J connectivity index is 1.14. The fourth-order valence-electron chi connectivity index (χ4n) is 6.96. The average molecular weight is 612 g/mol. The highest BCUT2D eigenvalue weighted by Crippen LogP contribution is 2.44. The van der Waals surface area contributed by atoms with Gasteiger partial charge in [0, 0.05) is 47.5 Å². The van der Waals surface area contributed by atoms with Gasteiger partial charge in [0.15, 0.2) is 0 Å². The lowest BCUT2D eigenvalue weighted by molar-refractivity contribution is 1.30. The Morgan fingerprint density at radius 2 is 0.792 bits per heavy atom. The number of rotatable bonds is 5. The van der Waals surface area contributed by atoms with Crippen molar-refractivity contribution < 1.29 is 0 Å². The van der Waals surface area contributed by atoms with Gasteiger partial charge in [0.05, 0.1) is 5.52 Å². The van der Waals surface area contributed by atoms with Crippen LogP contribution in [0.5, 0.6) is 0 Å². The van der Waals surface area contributed by atoms with Gasteiger partial charge >= 0.3 is 0 Å². The molecule has 0 saturated heterocycles. The maximum absolute atomic E-state index is 4.55. The summed E-state index contributed by atoms with van der Waals surface area (Å²) >= 11 is 0. The number of pyridine rings is 3. The molecule has 0 saturated carbocycles. The molecule has 0 radical (unpaired) electrons. The summed E-state index contributed by atoms with van der Waals surface area (Å²) in [6.45, 7) is 0. The van der Waals surface area contributed by atoms with E-state index in [2.05, 4.69) is 142 Å². The molecule has 0 N–H and O–H groups in total. The third-order valence-corrected chi connectivity index (χ3v) is 9.30. The number of aromatic nitrogens is 3. The normalized spacial score (nSPS) is 11.3. The average Bonchev–Trinajstić information content (AvgIpc) is 3.17. The van der Waals surface area contributed by atoms with Gasteiger partial charge in [-0.3, -0.25) is 15.0 Å². The molecule has 0 unspecified atom stereocenters. The van der Waals surface area contributed by atoms with Crippen LogP contribution < -0.4 is 0 Å². The third-order valence-electron chi connectivity index (χ3n) is 9.30. The summed E-state index contributed by atoms with van der Waals surface area (Å²) in [6, 6.07) is 52.3. The largest absolute Gasteiger partial charge is 0.265 e. The molecule has 0 atom stereocenters. The maximum Gasteiger partial charge on any atom is 0.0702 e. The van der Waals surface area contributed by atoms with E-state index in [1.807, 2.05) is 49.2 Å². The van der Waals surface area contributed by atoms with E-state index in [0.717, 1.165) is 33.2 Å². The van der Waals surface area contributed by atoms with Gasteiger partial charge in [-0.05, 0) is 102 Å². The molecular weight excluding hydrogens is 583 g/mol. The first-order chi connectivity index (χ1) is 23.8. The van der Waals surface area contributed by atoms with Gasteiger partial charge in [0.2, 0.25) is 0 Å². The molecule has 0 fully saturated rings. The molecule has 3 heterocycles. The monoisotopic (exact) mass is 611 g/mol. The van der Waals surface area contributed by atoms with E-state index in [9.17, 15) is 0 Å². The number of hydrogen-bond donors (Lipinski definition) is 0. The molecule has 9 aromatic rings. The molecule has 0 amide bonds. The van der Waals surface area contributed by atoms with E-state index in [1.54, 1.807) is 0 Å². The second kappa shape index (κ2) is 11.7. The first-order valence-electron chi connectivity index (χ1n) is 16.2. The predicted molar refractivity (Wildman–Crippen MR) is 200 cm³/mol. The lowest BCUT2D eigenvalue weighted by Gasteiger charge is -2.18. The Morgan fingerprint density at radius 1 is 0.312 bits per heavy atom. The van der Waals surface area contributed by atoms with Crippen LogP contribution in [0.4, 0.5) is 0 Å². The van der Waals surface area contributed by atoms with Crippen molar-refractivity contribution in [2.45, 2.75) is 0 Å². The zero-order chi connectivity index (χ0) is 31.9. The van der Waals surface area contributed by atoms with Crippen molar-refractivity contribution in [3.8, 4) is 55.6 Å². The van der Waals surface area contributed by atoms with Gasteiger partial charge in [-0.2, -0.15) is 0 Å². The van der Waals surface area contributed by atoms with Gasteiger partial charge in [0.1, 0.15) is 0 Å². The molecule has 0 aliphatic heterocycles. The Hall–Kier alpha value is -6.45. The molecule has 3 heteroatoms. The minimum atomic E-state index is 1.01. The maximum atomic E-state index is 4.55. The van der Waals surface area contributed by atoms with Crippen molar-refractivity contribution >= 4 is 32.4 Å². The van der Waals surface area contributed by atoms with Gasteiger partial charge in [-0.25, -0.2) is 0 Å². The molecule has 3 aromatic heterocycles. The number of hydrogen-bond acceptors (Lipinski definition) is 3. The molecule has 0 aliphatic rings. The van der Waals surface area contributed by atoms with Crippen LogP contribution in [0.15, 0.2) is 177 Å². The van der Waals surface area contributed by atoms with E-state index in [-0.39, 0.29) is 0 Å². The van der Waals surface area contributed by atoms with Crippen LogP contribution in [0.25, 0.3) is 88.1 Å². The van der Waals surface area contributed by atoms with Crippen molar-refractivity contribution in [3.05, 3.63) is 177 Å². The summed E-state index contributed by atoms with van der Waals surface area (Å²) in [4.78, 5) is 13.2. The molecule has 0 spiro atoms. The first-order valence-corrected chi connectivity index (χ1v) is 16.2. The van der Waals surface area contributed by atoms with Crippen LogP contribution in [0.2, 0.25) is 0 Å². The van der Waals surface area contributed by atoms with Crippen LogP contribution in [-0.4, -0.2) is 15.0 Å². The van der Waals surface area contributed by atoms with E-state index in [0.29, 0.717) is 0 Å². The lowest BCUT2D eigenvalue weighted by atomic mass is 9.85. The fraction of sp³-hybridized carbons (Fsp3) is 0. The molecule has 9 rings (SSSR count). The third kappa shape index (κ3) is 4.90. The van der Waals surface area contributed by atoms with Crippen LogP contribution >= 0.6 is 0 Å². The van der Waals surface area contributed by atoms with Gasteiger partial charge < -0.3 is 0 Å². The van der Waals surface area contributed by atoms with E-state index in [1.165, 1.54) is 54.9 Å². The second-order valence-corrected chi connectivity index (χ2v) is 12.1. The zero-order valence-electron chi connectivity index (χ0n) is 26.1. The molecule has 0 aliphatic carbocycles. The summed E-state index contributed by atoms with van der Waals surface area (Å²) in [5.41, 5.74) is 12.7. The smallest absolute Gasteiger partial charge is 0.0702 e. The zero-order valence-corrected chi connectivity index (χ0v) is 26.1. The highest BCUT2D eigenvalue weighted by Gasteiger charge is 2.17. The van der Waals surface area contributed by atoms with Gasteiger partial charge in [-0.1, -0.05) is 109 Å². The Labute approximate surface area is 278 Å². The molecule has 0 bridgehead atoms. The fourth-order valence-corrected chi connectivity index (χ4v) is 6.96. The summed E-state index contributed by atoms with van der Waals surface area (Å²) < 4.78 is 0. The standard InChI is InChI=1S/C45H29N3/c1-3-9-41-39(7-1)44(33-15-11-30(12-16-33)35-19-20-43-36(26-35)6-5-23-48-43)40-8-2-4-10-42(40)45(41)34-17-13-31(14-18-34)37-27-38(29-47-28-37)32-21-24-46-25-22-32/h1-29H. The number of benzene rings is 6. The number of nitrogens with zero attached hydrogens (tertiary/aromatic N) is 3. The summed E-state index contributed by atoms with van der Waals surface area (Å²) in [5, 5.41) is 6.12. The predicted octanol–water partition coefficient (Wildman–Crippen LogP) is 11.7. The molecular formula is C45H29N3. The van der Waals surface area contributed by atoms with Crippen LogP contribution in [-0.2, 0) is 0 Å². The van der Waals surface area contributed by atoms with Crippen molar-refractivity contribution in [2.75, 3.05) is 0 Å². The van der Waals surface area contributed by atoms with Crippen molar-refractivity contribution in [3.63, 3.8) is 0 Å². The summed E-state index contributed by atoms with van der Waals surface area (Å²) in [6.07, 6.45) is 9.31. The van der Waals surface area contributed by atoms with Gasteiger partial charge in [0.25, 0.3) is 0 Å². The minimum absolute atomic E-state index is 1.01. The Bertz CT molecular complexity index is 2530. The van der Waals surface area contributed by atoms with E-state index in [4.69, 9.17) is 0 Å². The van der Waals surface area contributed by atoms with E-state index >= 15 is 0 Å². The first kappa shape index (κ1) is 27.8. The molecule has 3 nitrogen and oxygen atoms in total. The SMILES string of the molecule is c1cnc2ccc(-c3ccc(-c4c5ccccc5c(-c5ccc(-c6cncc(-c7ccncc7)c6)cc5)c5ccccc45)cc3)cc2c1. The Morgan fingerprint density at radius 3 is 1.35 bits per heavy atom. The minimum Gasteiger partial charge on any atom is -0.265 e. The summed E-state index contributed by atoms with van der Waals surface area (Å²) in [5.74, 6) is 0. The second-order valence-electron chi connectivity index (χ2n) is 12.1. The highest BCUT2D eigenvalue weighted by atomic mass is 14.6. The Kier molecular flexibility index (Phi) is 6.80. The van der Waals surface area contributed by atoms with Gasteiger partial charge in [-0.15, -0.1) is 0 Å². The molecule has 224 valence electrons. The van der Waals surface area contributed by atoms with Crippen molar-refractivity contribution in [1.82, 2.24) is 15.0 Å². The van der Waals surface area contributed by atoms with Crippen molar-refractivity contribution in [1.29, 1.82) is 0 Å². The van der Waals surface area contributed by atoms with Crippen LogP contribution in [0.1, 0.15) is 0 Å². The molecule has 48 heavy (non-hydrogen) atoms. The quantitative estimate of drug-likeness (QED) is 0.182. The molecule has 6 aromatic carbocycles. The lowest BCUT2D eigenvalue weighted by Crippen LogP contribution is -1.91.